The van der Waals surface area contributed by atoms with Crippen molar-refractivity contribution in [3.8, 4) is 0 Å². The van der Waals surface area contributed by atoms with Crippen LogP contribution in [0.3, 0.4) is 0 Å². The fourth-order valence-electron chi connectivity index (χ4n) is 0.636. The summed E-state index contributed by atoms with van der Waals surface area (Å²) in [5, 5.41) is 11.4. The number of hydrogen-bond donors (Lipinski definition) is 1. The Hall–Kier alpha value is 0.01000. The maximum atomic E-state index is 10.6. The summed E-state index contributed by atoms with van der Waals surface area (Å²) >= 11 is 4.02. The van der Waals surface area contributed by atoms with Crippen molar-refractivity contribution in [2.24, 2.45) is 0 Å². The fraction of sp³-hybridized carbons (Fsp3) is 0.600. The van der Waals surface area contributed by atoms with Gasteiger partial charge in [0.25, 0.3) is 0 Å². The van der Waals surface area contributed by atoms with Gasteiger partial charge < -0.3 is 10.3 Å². The van der Waals surface area contributed by atoms with Gasteiger partial charge in [-0.25, -0.2) is 0 Å². The molecule has 0 N–H and O–H groups in total. The highest BCUT2D eigenvalue weighted by Crippen LogP contribution is 2.11. The summed E-state index contributed by atoms with van der Waals surface area (Å²) in [6.45, 7) is 0.494. The van der Waals surface area contributed by atoms with Crippen molar-refractivity contribution in [3.63, 3.8) is 0 Å². The molecule has 1 heterocycles. The second kappa shape index (κ2) is 2.53. The molecule has 0 aromatic heterocycles. The van der Waals surface area contributed by atoms with Gasteiger partial charge in [-0.1, -0.05) is 12.2 Å². The molecule has 1 atom stereocenters. The molecular formula is C5H8NOS-. The summed E-state index contributed by atoms with van der Waals surface area (Å²) < 4.78 is 0. The molecule has 0 aromatic carbocycles. The molecule has 46 valence electrons. The molecule has 0 bridgehead atoms. The monoisotopic (exact) mass is 130 g/mol. The van der Waals surface area contributed by atoms with Gasteiger partial charge in [0.05, 0.1) is 0 Å². The van der Waals surface area contributed by atoms with Crippen LogP contribution in [0.15, 0.2) is 12.2 Å². The average Bonchev–Trinajstić information content (AvgIpc) is 1.77. The molecule has 0 fully saturated rings. The molecule has 0 radical (unpaired) electrons. The predicted octanol–water partition coefficient (Wildman–Crippen LogP) is 1.00. The lowest BCUT2D eigenvalue weighted by Crippen LogP contribution is -2.27. The van der Waals surface area contributed by atoms with E-state index in [0.29, 0.717) is 6.54 Å². The maximum absolute atomic E-state index is 10.6. The van der Waals surface area contributed by atoms with E-state index in [-0.39, 0.29) is 5.37 Å². The molecule has 0 aliphatic carbocycles. The Bertz CT molecular complexity index is 92.6. The molecule has 1 aliphatic rings. The van der Waals surface area contributed by atoms with Crippen LogP contribution in [0.1, 0.15) is 6.42 Å². The van der Waals surface area contributed by atoms with E-state index in [1.807, 2.05) is 12.2 Å². The number of nitrogens with zero attached hydrogens (tertiary/aromatic N) is 1. The largest absolute Gasteiger partial charge is 0.784 e. The summed E-state index contributed by atoms with van der Waals surface area (Å²) in [6.07, 6.45) is 4.61. The third-order valence-corrected chi connectivity index (χ3v) is 1.60. The van der Waals surface area contributed by atoms with Crippen molar-refractivity contribution in [2.75, 3.05) is 6.54 Å². The van der Waals surface area contributed by atoms with Gasteiger partial charge in [0, 0.05) is 11.9 Å². The Morgan fingerprint density at radius 1 is 1.62 bits per heavy atom. The van der Waals surface area contributed by atoms with E-state index in [1.54, 1.807) is 0 Å². The van der Waals surface area contributed by atoms with Crippen molar-refractivity contribution in [1.29, 1.82) is 0 Å². The average molecular weight is 130 g/mol. The minimum atomic E-state index is -0.111. The second-order valence-corrected chi connectivity index (χ2v) is 2.38. The van der Waals surface area contributed by atoms with Crippen molar-refractivity contribution < 1.29 is 0 Å². The van der Waals surface area contributed by atoms with Crippen LogP contribution in [0.25, 0.3) is 0 Å². The molecule has 1 aliphatic heterocycles. The van der Waals surface area contributed by atoms with Gasteiger partial charge in [-0.15, -0.1) is 0 Å². The molecular weight excluding hydrogens is 122 g/mol. The molecule has 0 aromatic rings. The quantitative estimate of drug-likeness (QED) is 0.391. The number of hydrogen-bond acceptors (Lipinski definition) is 3. The highest BCUT2D eigenvalue weighted by Gasteiger charge is 2.03. The van der Waals surface area contributed by atoms with Crippen molar-refractivity contribution in [2.45, 2.75) is 11.8 Å². The predicted molar refractivity (Wildman–Crippen MR) is 36.6 cm³/mol. The zero-order chi connectivity index (χ0) is 5.98. The number of hydroxylamine groups is 2. The normalized spacial score (nSPS) is 31.0. The summed E-state index contributed by atoms with van der Waals surface area (Å²) in [7, 11) is 0. The highest BCUT2D eigenvalue weighted by molar-refractivity contribution is 7.80. The van der Waals surface area contributed by atoms with Crippen LogP contribution >= 0.6 is 12.6 Å². The van der Waals surface area contributed by atoms with Crippen LogP contribution in [0.4, 0.5) is 0 Å². The first-order valence-electron chi connectivity index (χ1n) is 2.57. The molecule has 2 nitrogen and oxygen atoms in total. The lowest BCUT2D eigenvalue weighted by atomic mass is 10.3. The third kappa shape index (κ3) is 1.24. The number of thiol groups is 1. The molecule has 0 saturated heterocycles. The van der Waals surface area contributed by atoms with Gasteiger partial charge >= 0.3 is 0 Å². The van der Waals surface area contributed by atoms with Crippen LogP contribution in [0, 0.1) is 5.21 Å². The summed E-state index contributed by atoms with van der Waals surface area (Å²) in [5.41, 5.74) is 0. The van der Waals surface area contributed by atoms with E-state index in [4.69, 9.17) is 0 Å². The standard InChI is InChI=1S/C5H8NOS/c7-6-4-2-1-3-5(6)8/h1-2,5,8H,3-4H2/q-1. The fourth-order valence-corrected chi connectivity index (χ4v) is 0.852. The topological polar surface area (TPSA) is 26.3 Å². The van der Waals surface area contributed by atoms with E-state index >= 15 is 0 Å². The minimum absolute atomic E-state index is 0.111. The lowest BCUT2D eigenvalue weighted by Gasteiger charge is -2.34. The van der Waals surface area contributed by atoms with Crippen LogP contribution in [0.2, 0.25) is 0 Å². The van der Waals surface area contributed by atoms with Gasteiger partial charge in [-0.05, 0) is 6.42 Å². The first kappa shape index (κ1) is 6.13. The summed E-state index contributed by atoms with van der Waals surface area (Å²) in [4.78, 5) is 0. The van der Waals surface area contributed by atoms with Gasteiger partial charge in [-0.2, -0.15) is 12.6 Å². The van der Waals surface area contributed by atoms with Crippen LogP contribution in [-0.4, -0.2) is 17.0 Å². The molecule has 0 amide bonds. The summed E-state index contributed by atoms with van der Waals surface area (Å²) in [6, 6.07) is 0. The SMILES string of the molecule is [O-]N1CC=CCC1S. The van der Waals surface area contributed by atoms with E-state index in [9.17, 15) is 5.21 Å². The lowest BCUT2D eigenvalue weighted by molar-refractivity contribution is 0.382. The maximum Gasteiger partial charge on any atom is 0.0451 e. The van der Waals surface area contributed by atoms with Gasteiger partial charge in [0.2, 0.25) is 0 Å². The molecule has 3 heteroatoms. The van der Waals surface area contributed by atoms with Crippen LogP contribution in [0.5, 0.6) is 0 Å². The Morgan fingerprint density at radius 3 is 2.75 bits per heavy atom. The zero-order valence-corrected chi connectivity index (χ0v) is 5.34. The van der Waals surface area contributed by atoms with Crippen LogP contribution in [-0.2, 0) is 0 Å². The zero-order valence-electron chi connectivity index (χ0n) is 4.45. The molecule has 1 rings (SSSR count). The molecule has 0 saturated carbocycles. The van der Waals surface area contributed by atoms with Gasteiger partial charge in [0.15, 0.2) is 0 Å². The van der Waals surface area contributed by atoms with E-state index in [2.05, 4.69) is 12.6 Å². The Balaban J connectivity index is 2.44. The second-order valence-electron chi connectivity index (χ2n) is 1.79. The van der Waals surface area contributed by atoms with Crippen molar-refractivity contribution in [1.82, 2.24) is 5.06 Å². The number of rotatable bonds is 0. The Kier molecular flexibility index (Phi) is 1.94. The molecule has 1 unspecified atom stereocenters. The Labute approximate surface area is 54.2 Å². The van der Waals surface area contributed by atoms with Gasteiger partial charge in [0.1, 0.15) is 0 Å². The first-order chi connectivity index (χ1) is 3.80. The Morgan fingerprint density at radius 2 is 2.38 bits per heavy atom. The van der Waals surface area contributed by atoms with Crippen LogP contribution < -0.4 is 0 Å². The van der Waals surface area contributed by atoms with E-state index < -0.39 is 0 Å². The molecule has 8 heavy (non-hydrogen) atoms. The van der Waals surface area contributed by atoms with Crippen molar-refractivity contribution >= 4 is 12.6 Å². The van der Waals surface area contributed by atoms with Gasteiger partial charge in [-0.3, -0.25) is 0 Å². The smallest absolute Gasteiger partial charge is 0.0451 e. The molecule has 0 spiro atoms. The summed E-state index contributed by atoms with van der Waals surface area (Å²) in [5.74, 6) is 0. The van der Waals surface area contributed by atoms with E-state index in [1.165, 1.54) is 0 Å². The third-order valence-electron chi connectivity index (χ3n) is 1.13. The van der Waals surface area contributed by atoms with E-state index in [0.717, 1.165) is 11.5 Å². The highest BCUT2D eigenvalue weighted by atomic mass is 32.1. The minimum Gasteiger partial charge on any atom is -0.784 e. The van der Waals surface area contributed by atoms with Crippen molar-refractivity contribution in [3.05, 3.63) is 17.4 Å². The first-order valence-corrected chi connectivity index (χ1v) is 3.09.